The van der Waals surface area contributed by atoms with Crippen LogP contribution in [-0.2, 0) is 18.4 Å². The second-order valence-corrected chi connectivity index (χ2v) is 11.6. The number of allylic oxidation sites excluding steroid dienone is 1. The Morgan fingerprint density at radius 1 is 1.10 bits per heavy atom. The second kappa shape index (κ2) is 10.0. The molecule has 0 radical (unpaired) electrons. The van der Waals surface area contributed by atoms with Gasteiger partial charge in [-0.25, -0.2) is 4.79 Å². The van der Waals surface area contributed by atoms with Crippen LogP contribution in [0.5, 0.6) is 5.75 Å². The van der Waals surface area contributed by atoms with Crippen molar-refractivity contribution in [3.8, 4) is 5.75 Å². The van der Waals surface area contributed by atoms with Gasteiger partial charge < -0.3 is 24.3 Å². The quantitative estimate of drug-likeness (QED) is 0.229. The predicted octanol–water partition coefficient (Wildman–Crippen LogP) is 5.69. The lowest BCUT2D eigenvalue weighted by Crippen LogP contribution is -2.29. The lowest BCUT2D eigenvalue weighted by Gasteiger charge is -2.16. The number of aromatic hydroxyl groups is 1. The first-order valence-corrected chi connectivity index (χ1v) is 13.6. The average molecular weight is 544 g/mol. The number of ketones is 1. The van der Waals surface area contributed by atoms with Gasteiger partial charge in [-0.05, 0) is 62.7 Å². The smallest absolute Gasteiger partial charge is 0.324 e. The van der Waals surface area contributed by atoms with Gasteiger partial charge in [-0.3, -0.25) is 15.0 Å². The monoisotopic (exact) mass is 543 g/mol. The lowest BCUT2D eigenvalue weighted by atomic mass is 9.93. The SMILES string of the molecule is CC(C)(C)c1cc(NC(=O)NC2=Cc3cc(C(=O)c4cc5c(CN6CCCC6)c(O)ccc5[nH]4)oc3CC2)no1. The highest BCUT2D eigenvalue weighted by Crippen LogP contribution is 2.32. The molecule has 6 rings (SSSR count). The number of nitrogens with zero attached hydrogens (tertiary/aromatic N) is 2. The zero-order valence-corrected chi connectivity index (χ0v) is 22.9. The van der Waals surface area contributed by atoms with Gasteiger partial charge in [-0.15, -0.1) is 0 Å². The molecule has 1 fully saturated rings. The van der Waals surface area contributed by atoms with Gasteiger partial charge in [0.2, 0.25) is 5.78 Å². The van der Waals surface area contributed by atoms with E-state index in [1.807, 2.05) is 26.8 Å². The Kier molecular flexibility index (Phi) is 6.50. The Bertz CT molecular complexity index is 1630. The highest BCUT2D eigenvalue weighted by Gasteiger charge is 2.25. The Labute approximate surface area is 231 Å². The maximum atomic E-state index is 13.4. The van der Waals surface area contributed by atoms with Crippen molar-refractivity contribution in [2.75, 3.05) is 18.4 Å². The minimum absolute atomic E-state index is 0.216. The number of amides is 2. The third kappa shape index (κ3) is 5.14. The molecule has 1 aliphatic heterocycles. The third-order valence-corrected chi connectivity index (χ3v) is 7.50. The number of carbonyl (C=O) groups excluding carboxylic acids is 2. The van der Waals surface area contributed by atoms with Crippen molar-refractivity contribution >= 4 is 34.6 Å². The number of hydrogen-bond acceptors (Lipinski definition) is 7. The number of fused-ring (bicyclic) bond motifs is 2. The Morgan fingerprint density at radius 3 is 2.65 bits per heavy atom. The Morgan fingerprint density at radius 2 is 1.90 bits per heavy atom. The van der Waals surface area contributed by atoms with Gasteiger partial charge in [-0.1, -0.05) is 25.9 Å². The normalized spacial score (nSPS) is 15.7. The van der Waals surface area contributed by atoms with E-state index in [-0.39, 0.29) is 22.7 Å². The summed E-state index contributed by atoms with van der Waals surface area (Å²) in [6.45, 7) is 8.67. The van der Waals surface area contributed by atoms with Crippen LogP contribution >= 0.6 is 0 Å². The lowest BCUT2D eigenvalue weighted by molar-refractivity contribution is 0.100. The van der Waals surface area contributed by atoms with Crippen molar-refractivity contribution in [2.24, 2.45) is 0 Å². The van der Waals surface area contributed by atoms with E-state index >= 15 is 0 Å². The fourth-order valence-corrected chi connectivity index (χ4v) is 5.30. The molecule has 2 amide bonds. The summed E-state index contributed by atoms with van der Waals surface area (Å²) in [7, 11) is 0. The van der Waals surface area contributed by atoms with E-state index in [9.17, 15) is 14.7 Å². The number of H-pyrrole nitrogens is 1. The number of urea groups is 1. The number of aromatic amines is 1. The fourth-order valence-electron chi connectivity index (χ4n) is 5.30. The fraction of sp³-hybridized carbons (Fsp3) is 0.367. The maximum Gasteiger partial charge on any atom is 0.324 e. The summed E-state index contributed by atoms with van der Waals surface area (Å²) in [6, 6.07) is 8.25. The Balaban J connectivity index is 1.17. The van der Waals surface area contributed by atoms with Gasteiger partial charge in [0.1, 0.15) is 17.3 Å². The molecule has 0 unspecified atom stereocenters. The van der Waals surface area contributed by atoms with Gasteiger partial charge in [0.25, 0.3) is 0 Å². The molecule has 0 bridgehead atoms. The van der Waals surface area contributed by atoms with Gasteiger partial charge >= 0.3 is 6.03 Å². The summed E-state index contributed by atoms with van der Waals surface area (Å²) in [5, 5.41) is 20.9. The predicted molar refractivity (Wildman–Crippen MR) is 150 cm³/mol. The standard InChI is InChI=1S/C30H33N5O5/c1-30(2,3)26-15-27(34-40-26)33-29(38)31-18-6-9-24-17(12-18)13-25(39-24)28(37)22-14-19-20(16-35-10-4-5-11-35)23(36)8-7-21(19)32-22/h7-8,12-15,32,36H,4-6,9-11,16H2,1-3H3,(H2,31,33,34,38). The van der Waals surface area contributed by atoms with Crippen LogP contribution in [0.25, 0.3) is 17.0 Å². The van der Waals surface area contributed by atoms with Crippen molar-refractivity contribution < 1.29 is 23.6 Å². The van der Waals surface area contributed by atoms with Gasteiger partial charge in [0.05, 0.1) is 5.69 Å². The third-order valence-electron chi connectivity index (χ3n) is 7.50. The number of aryl methyl sites for hydroxylation is 1. The molecule has 0 atom stereocenters. The van der Waals surface area contributed by atoms with E-state index in [0.29, 0.717) is 48.1 Å². The average Bonchev–Trinajstić information content (AvgIpc) is 3.70. The summed E-state index contributed by atoms with van der Waals surface area (Å²) >= 11 is 0. The molecule has 3 aromatic heterocycles. The van der Waals surface area contributed by atoms with Gasteiger partial charge in [-0.2, -0.15) is 0 Å². The van der Waals surface area contributed by atoms with E-state index in [4.69, 9.17) is 8.94 Å². The highest BCUT2D eigenvalue weighted by molar-refractivity contribution is 6.09. The molecule has 10 heteroatoms. The molecule has 208 valence electrons. The van der Waals surface area contributed by atoms with Crippen molar-refractivity contribution in [3.05, 3.63) is 70.1 Å². The number of rotatable bonds is 6. The molecule has 1 aromatic carbocycles. The number of benzene rings is 1. The van der Waals surface area contributed by atoms with Crippen molar-refractivity contribution in [2.45, 2.75) is 58.4 Å². The van der Waals surface area contributed by atoms with Crippen molar-refractivity contribution in [3.63, 3.8) is 0 Å². The molecule has 1 saturated heterocycles. The first-order chi connectivity index (χ1) is 19.1. The number of nitrogens with one attached hydrogen (secondary N) is 3. The molecule has 4 heterocycles. The number of furan rings is 1. The molecule has 10 nitrogen and oxygen atoms in total. The first kappa shape index (κ1) is 25.9. The van der Waals surface area contributed by atoms with Crippen LogP contribution in [0.2, 0.25) is 0 Å². The molecule has 40 heavy (non-hydrogen) atoms. The summed E-state index contributed by atoms with van der Waals surface area (Å²) in [6.07, 6.45) is 5.24. The van der Waals surface area contributed by atoms with E-state index < -0.39 is 6.03 Å². The Hall–Kier alpha value is -4.31. The van der Waals surface area contributed by atoms with E-state index in [1.54, 1.807) is 30.3 Å². The highest BCUT2D eigenvalue weighted by atomic mass is 16.5. The number of hydrogen-bond donors (Lipinski definition) is 4. The second-order valence-electron chi connectivity index (χ2n) is 11.6. The molecule has 4 N–H and O–H groups in total. The van der Waals surface area contributed by atoms with Crippen LogP contribution in [0.15, 0.2) is 45.0 Å². The molecule has 2 aliphatic rings. The molecule has 0 spiro atoms. The van der Waals surface area contributed by atoms with Gasteiger partial charge in [0.15, 0.2) is 11.6 Å². The summed E-state index contributed by atoms with van der Waals surface area (Å²) in [5.41, 5.74) is 3.27. The summed E-state index contributed by atoms with van der Waals surface area (Å²) in [5.74, 6) is 1.91. The maximum absolute atomic E-state index is 13.4. The van der Waals surface area contributed by atoms with Crippen LogP contribution in [0.3, 0.4) is 0 Å². The largest absolute Gasteiger partial charge is 0.508 e. The van der Waals surface area contributed by atoms with Crippen LogP contribution in [0, 0.1) is 0 Å². The minimum atomic E-state index is -0.422. The number of anilines is 1. The molecule has 0 saturated carbocycles. The zero-order valence-electron chi connectivity index (χ0n) is 22.9. The number of carbonyl (C=O) groups is 2. The van der Waals surface area contributed by atoms with E-state index in [1.165, 1.54) is 0 Å². The number of phenolic OH excluding ortho intramolecular Hbond substituents is 1. The van der Waals surface area contributed by atoms with Crippen molar-refractivity contribution in [1.82, 2.24) is 20.4 Å². The van der Waals surface area contributed by atoms with E-state index in [2.05, 4.69) is 25.7 Å². The zero-order chi connectivity index (χ0) is 28.0. The van der Waals surface area contributed by atoms with Crippen LogP contribution in [-0.4, -0.2) is 45.1 Å². The number of phenols is 1. The topological polar surface area (TPSA) is 137 Å². The first-order valence-electron chi connectivity index (χ1n) is 13.6. The number of likely N-dealkylation sites (tertiary alicyclic amines) is 1. The van der Waals surface area contributed by atoms with E-state index in [0.717, 1.165) is 48.0 Å². The van der Waals surface area contributed by atoms with Crippen LogP contribution in [0.4, 0.5) is 10.6 Å². The molecule has 4 aromatic rings. The summed E-state index contributed by atoms with van der Waals surface area (Å²) < 4.78 is 11.3. The number of aromatic nitrogens is 2. The van der Waals surface area contributed by atoms with Gasteiger partial charge in [0, 0.05) is 52.2 Å². The van der Waals surface area contributed by atoms with Crippen LogP contribution in [0.1, 0.15) is 78.9 Å². The molecular formula is C30H33N5O5. The summed E-state index contributed by atoms with van der Waals surface area (Å²) in [4.78, 5) is 31.5. The van der Waals surface area contributed by atoms with Crippen LogP contribution < -0.4 is 10.6 Å². The minimum Gasteiger partial charge on any atom is -0.508 e. The molecular weight excluding hydrogens is 510 g/mol. The van der Waals surface area contributed by atoms with Crippen molar-refractivity contribution in [1.29, 1.82) is 0 Å². The molecule has 1 aliphatic carbocycles.